The SMILES string of the molecule is c1ccc2c(c1)cnc1c(CN3CCCC3)cnn12. The molecule has 0 radical (unpaired) electrons. The summed E-state index contributed by atoms with van der Waals surface area (Å²) in [5.41, 5.74) is 3.35. The standard InChI is InChI=1S/C15H16N4/c1-2-6-14-12(5-1)9-16-15-13(10-17-19(14)15)11-18-7-3-4-8-18/h1-2,5-6,9-10H,3-4,7-8,11H2. The molecule has 4 nitrogen and oxygen atoms in total. The second-order valence-electron chi connectivity index (χ2n) is 5.21. The first-order valence-corrected chi connectivity index (χ1v) is 6.84. The lowest BCUT2D eigenvalue weighted by molar-refractivity contribution is 0.332. The predicted molar refractivity (Wildman–Crippen MR) is 75.0 cm³/mol. The van der Waals surface area contributed by atoms with Crippen molar-refractivity contribution in [1.82, 2.24) is 19.5 Å². The fraction of sp³-hybridized carbons (Fsp3) is 0.333. The molecule has 4 rings (SSSR count). The fourth-order valence-electron chi connectivity index (χ4n) is 2.90. The van der Waals surface area contributed by atoms with Crippen molar-refractivity contribution in [3.8, 4) is 0 Å². The lowest BCUT2D eigenvalue weighted by atomic mass is 10.2. The van der Waals surface area contributed by atoms with Crippen LogP contribution in [0.1, 0.15) is 18.4 Å². The van der Waals surface area contributed by atoms with Gasteiger partial charge in [-0.25, -0.2) is 9.50 Å². The Hall–Kier alpha value is -1.94. The Morgan fingerprint density at radius 2 is 1.89 bits per heavy atom. The minimum atomic E-state index is 0.967. The summed E-state index contributed by atoms with van der Waals surface area (Å²) >= 11 is 0. The van der Waals surface area contributed by atoms with Crippen molar-refractivity contribution in [2.45, 2.75) is 19.4 Å². The molecular formula is C15H16N4. The van der Waals surface area contributed by atoms with Gasteiger partial charge in [0.1, 0.15) is 0 Å². The molecule has 0 atom stereocenters. The maximum Gasteiger partial charge on any atom is 0.160 e. The molecule has 96 valence electrons. The maximum atomic E-state index is 4.59. The van der Waals surface area contributed by atoms with Crippen molar-refractivity contribution < 1.29 is 0 Å². The van der Waals surface area contributed by atoms with Gasteiger partial charge in [0, 0.05) is 23.7 Å². The van der Waals surface area contributed by atoms with Crippen molar-refractivity contribution in [2.75, 3.05) is 13.1 Å². The Bertz CT molecular complexity index is 725. The van der Waals surface area contributed by atoms with E-state index >= 15 is 0 Å². The highest BCUT2D eigenvalue weighted by atomic mass is 15.3. The Morgan fingerprint density at radius 1 is 1.05 bits per heavy atom. The van der Waals surface area contributed by atoms with Crippen LogP contribution in [0.2, 0.25) is 0 Å². The van der Waals surface area contributed by atoms with Crippen LogP contribution in [-0.2, 0) is 6.54 Å². The van der Waals surface area contributed by atoms with Crippen LogP contribution in [0.15, 0.2) is 36.7 Å². The van der Waals surface area contributed by atoms with Gasteiger partial charge >= 0.3 is 0 Å². The molecular weight excluding hydrogens is 236 g/mol. The zero-order valence-corrected chi connectivity index (χ0v) is 10.8. The molecule has 3 heterocycles. The van der Waals surface area contributed by atoms with E-state index in [-0.39, 0.29) is 0 Å². The minimum absolute atomic E-state index is 0.967. The van der Waals surface area contributed by atoms with Crippen LogP contribution in [0.4, 0.5) is 0 Å². The van der Waals surface area contributed by atoms with Gasteiger partial charge in [-0.15, -0.1) is 0 Å². The van der Waals surface area contributed by atoms with Crippen molar-refractivity contribution in [1.29, 1.82) is 0 Å². The van der Waals surface area contributed by atoms with Crippen molar-refractivity contribution >= 4 is 16.6 Å². The number of para-hydroxylation sites is 1. The number of hydrogen-bond acceptors (Lipinski definition) is 3. The monoisotopic (exact) mass is 252 g/mol. The molecule has 0 bridgehead atoms. The number of hydrogen-bond donors (Lipinski definition) is 0. The highest BCUT2D eigenvalue weighted by molar-refractivity contribution is 5.80. The molecule has 0 N–H and O–H groups in total. The van der Waals surface area contributed by atoms with E-state index in [0.29, 0.717) is 0 Å². The lowest BCUT2D eigenvalue weighted by Crippen LogP contribution is -2.18. The molecule has 0 aliphatic carbocycles. The quantitative estimate of drug-likeness (QED) is 0.702. The molecule has 0 saturated carbocycles. The number of likely N-dealkylation sites (tertiary alicyclic amines) is 1. The molecule has 1 fully saturated rings. The molecule has 1 aliphatic heterocycles. The van der Waals surface area contributed by atoms with E-state index in [2.05, 4.69) is 27.1 Å². The fourth-order valence-corrected chi connectivity index (χ4v) is 2.90. The van der Waals surface area contributed by atoms with Gasteiger partial charge in [0.2, 0.25) is 0 Å². The molecule has 0 spiro atoms. The van der Waals surface area contributed by atoms with Gasteiger partial charge in [-0.3, -0.25) is 4.90 Å². The van der Waals surface area contributed by atoms with Crippen molar-refractivity contribution in [2.24, 2.45) is 0 Å². The van der Waals surface area contributed by atoms with Crippen LogP contribution in [0.3, 0.4) is 0 Å². The highest BCUT2D eigenvalue weighted by Crippen LogP contribution is 2.19. The van der Waals surface area contributed by atoms with E-state index in [1.165, 1.54) is 31.5 Å². The Morgan fingerprint density at radius 3 is 2.79 bits per heavy atom. The lowest BCUT2D eigenvalue weighted by Gasteiger charge is -2.12. The number of aromatic nitrogens is 3. The van der Waals surface area contributed by atoms with Crippen LogP contribution in [0, 0.1) is 0 Å². The summed E-state index contributed by atoms with van der Waals surface area (Å²) in [5, 5.41) is 5.65. The third-order valence-electron chi connectivity index (χ3n) is 3.90. The first-order valence-electron chi connectivity index (χ1n) is 6.84. The first kappa shape index (κ1) is 10.9. The van der Waals surface area contributed by atoms with E-state index in [4.69, 9.17) is 0 Å². The van der Waals surface area contributed by atoms with Crippen molar-refractivity contribution in [3.05, 3.63) is 42.2 Å². The van der Waals surface area contributed by atoms with E-state index in [1.807, 2.05) is 29.0 Å². The van der Waals surface area contributed by atoms with E-state index in [9.17, 15) is 0 Å². The van der Waals surface area contributed by atoms with E-state index in [0.717, 1.165) is 23.1 Å². The van der Waals surface area contributed by atoms with Gasteiger partial charge in [0.15, 0.2) is 5.65 Å². The van der Waals surface area contributed by atoms with E-state index in [1.54, 1.807) is 0 Å². The van der Waals surface area contributed by atoms with Crippen LogP contribution in [0.5, 0.6) is 0 Å². The molecule has 1 aromatic carbocycles. The van der Waals surface area contributed by atoms with Crippen LogP contribution in [0.25, 0.3) is 16.6 Å². The van der Waals surface area contributed by atoms with E-state index < -0.39 is 0 Å². The summed E-state index contributed by atoms with van der Waals surface area (Å²) in [6.07, 6.45) is 6.54. The molecule has 0 unspecified atom stereocenters. The second kappa shape index (κ2) is 4.31. The number of fused-ring (bicyclic) bond motifs is 3. The number of rotatable bonds is 2. The van der Waals surface area contributed by atoms with Gasteiger partial charge in [0.25, 0.3) is 0 Å². The highest BCUT2D eigenvalue weighted by Gasteiger charge is 2.15. The minimum Gasteiger partial charge on any atom is -0.299 e. The molecule has 19 heavy (non-hydrogen) atoms. The van der Waals surface area contributed by atoms with Gasteiger partial charge in [-0.05, 0) is 32.0 Å². The summed E-state index contributed by atoms with van der Waals surface area (Å²) in [6.45, 7) is 3.37. The Balaban J connectivity index is 1.82. The normalized spacial score (nSPS) is 16.6. The molecule has 1 saturated heterocycles. The summed E-state index contributed by atoms with van der Waals surface area (Å²) < 4.78 is 1.96. The molecule has 1 aliphatic rings. The Labute approximate surface area is 111 Å². The summed E-state index contributed by atoms with van der Waals surface area (Å²) in [6, 6.07) is 8.24. The van der Waals surface area contributed by atoms with Gasteiger partial charge in [-0.1, -0.05) is 18.2 Å². The number of nitrogens with zero attached hydrogens (tertiary/aromatic N) is 4. The largest absolute Gasteiger partial charge is 0.299 e. The third kappa shape index (κ3) is 1.79. The van der Waals surface area contributed by atoms with Gasteiger partial charge in [-0.2, -0.15) is 5.10 Å². The predicted octanol–water partition coefficient (Wildman–Crippen LogP) is 2.48. The number of benzene rings is 1. The van der Waals surface area contributed by atoms with Crippen LogP contribution < -0.4 is 0 Å². The maximum absolute atomic E-state index is 4.59. The smallest absolute Gasteiger partial charge is 0.160 e. The van der Waals surface area contributed by atoms with Gasteiger partial charge in [0.05, 0.1) is 11.7 Å². The second-order valence-corrected chi connectivity index (χ2v) is 5.21. The topological polar surface area (TPSA) is 33.4 Å². The zero-order chi connectivity index (χ0) is 12.7. The molecule has 0 amide bonds. The average Bonchev–Trinajstić information content (AvgIpc) is 3.09. The summed E-state index contributed by atoms with van der Waals surface area (Å²) in [7, 11) is 0. The zero-order valence-electron chi connectivity index (χ0n) is 10.8. The van der Waals surface area contributed by atoms with Crippen LogP contribution in [-0.4, -0.2) is 32.6 Å². The average molecular weight is 252 g/mol. The van der Waals surface area contributed by atoms with Crippen LogP contribution >= 0.6 is 0 Å². The molecule has 4 heteroatoms. The third-order valence-corrected chi connectivity index (χ3v) is 3.90. The Kier molecular flexibility index (Phi) is 2.48. The van der Waals surface area contributed by atoms with Gasteiger partial charge < -0.3 is 0 Å². The first-order chi connectivity index (χ1) is 9.42. The molecule has 2 aromatic heterocycles. The summed E-state index contributed by atoms with van der Waals surface area (Å²) in [5.74, 6) is 0. The van der Waals surface area contributed by atoms with Crippen molar-refractivity contribution in [3.63, 3.8) is 0 Å². The summed E-state index contributed by atoms with van der Waals surface area (Å²) in [4.78, 5) is 7.07. The molecule has 3 aromatic rings.